The molecule has 6 heteroatoms. The van der Waals surface area contributed by atoms with Crippen LogP contribution in [0.2, 0.25) is 0 Å². The van der Waals surface area contributed by atoms with E-state index >= 15 is 0 Å². The summed E-state index contributed by atoms with van der Waals surface area (Å²) in [5, 5.41) is 16.8. The number of nitrogens with zero attached hydrogens (tertiary/aromatic N) is 1. The Morgan fingerprint density at radius 2 is 2.37 bits per heavy atom. The average molecular weight is 263 g/mol. The topological polar surface area (TPSA) is 84.3 Å². The molecule has 0 spiro atoms. The average Bonchev–Trinajstić information content (AvgIpc) is 2.90. The molecule has 1 heterocycles. The summed E-state index contributed by atoms with van der Waals surface area (Å²) in [6.07, 6.45) is 1.85. The molecule has 0 aromatic heterocycles. The summed E-state index contributed by atoms with van der Waals surface area (Å²) < 4.78 is 0. The van der Waals surface area contributed by atoms with Crippen LogP contribution in [-0.2, 0) is 11.3 Å². The molecule has 1 atom stereocenters. The third-order valence-electron chi connectivity index (χ3n) is 3.44. The van der Waals surface area contributed by atoms with Gasteiger partial charge in [-0.05, 0) is 31.9 Å². The highest BCUT2D eigenvalue weighted by atomic mass is 16.6. The van der Waals surface area contributed by atoms with Crippen LogP contribution in [0, 0.1) is 17.0 Å². The molecule has 1 fully saturated rings. The van der Waals surface area contributed by atoms with Gasteiger partial charge in [0.05, 0.1) is 11.0 Å². The number of hydrogen-bond acceptors (Lipinski definition) is 4. The molecule has 0 saturated carbocycles. The van der Waals surface area contributed by atoms with Crippen LogP contribution in [-0.4, -0.2) is 23.4 Å². The van der Waals surface area contributed by atoms with Crippen LogP contribution in [0.1, 0.15) is 24.0 Å². The first kappa shape index (κ1) is 13.5. The number of carbonyl (C=O) groups excluding carboxylic acids is 1. The minimum atomic E-state index is -0.404. The summed E-state index contributed by atoms with van der Waals surface area (Å²) in [5.74, 6) is -0.0385. The normalized spacial score (nSPS) is 18.3. The van der Waals surface area contributed by atoms with Gasteiger partial charge in [-0.2, -0.15) is 0 Å². The van der Waals surface area contributed by atoms with E-state index in [1.54, 1.807) is 19.1 Å². The lowest BCUT2D eigenvalue weighted by Gasteiger charge is -2.12. The standard InChI is InChI=1S/C13H17N3O3/c1-9-10(4-2-6-12(9)16(18)19)8-15-13(17)11-5-3-7-14-11/h2,4,6,11,14H,3,5,7-8H2,1H3,(H,15,17). The van der Waals surface area contributed by atoms with E-state index in [0.29, 0.717) is 12.1 Å². The van der Waals surface area contributed by atoms with Crippen molar-refractivity contribution in [2.45, 2.75) is 32.4 Å². The van der Waals surface area contributed by atoms with Gasteiger partial charge in [0, 0.05) is 18.2 Å². The molecule has 102 valence electrons. The molecule has 1 aliphatic heterocycles. The van der Waals surface area contributed by atoms with E-state index in [1.165, 1.54) is 6.07 Å². The lowest BCUT2D eigenvalue weighted by atomic mass is 10.1. The summed E-state index contributed by atoms with van der Waals surface area (Å²) >= 11 is 0. The van der Waals surface area contributed by atoms with Gasteiger partial charge in [-0.25, -0.2) is 0 Å². The fourth-order valence-corrected chi connectivity index (χ4v) is 2.27. The largest absolute Gasteiger partial charge is 0.351 e. The van der Waals surface area contributed by atoms with E-state index in [-0.39, 0.29) is 17.6 Å². The van der Waals surface area contributed by atoms with Gasteiger partial charge in [0.15, 0.2) is 0 Å². The minimum absolute atomic E-state index is 0.0385. The lowest BCUT2D eigenvalue weighted by Crippen LogP contribution is -2.40. The maximum atomic E-state index is 11.8. The van der Waals surface area contributed by atoms with Gasteiger partial charge >= 0.3 is 0 Å². The Bertz CT molecular complexity index is 496. The van der Waals surface area contributed by atoms with Gasteiger partial charge in [-0.3, -0.25) is 14.9 Å². The summed E-state index contributed by atoms with van der Waals surface area (Å²) in [6, 6.07) is 4.78. The van der Waals surface area contributed by atoms with E-state index in [2.05, 4.69) is 10.6 Å². The predicted octanol–water partition coefficient (Wildman–Crippen LogP) is 1.27. The molecule has 2 N–H and O–H groups in total. The molecule has 0 aliphatic carbocycles. The van der Waals surface area contributed by atoms with Crippen LogP contribution in [0.15, 0.2) is 18.2 Å². The Balaban J connectivity index is 2.01. The molecule has 1 aromatic rings. The van der Waals surface area contributed by atoms with E-state index in [9.17, 15) is 14.9 Å². The van der Waals surface area contributed by atoms with Crippen molar-refractivity contribution in [2.75, 3.05) is 6.54 Å². The van der Waals surface area contributed by atoms with Gasteiger partial charge in [-0.1, -0.05) is 12.1 Å². The first-order valence-corrected chi connectivity index (χ1v) is 6.33. The summed E-state index contributed by atoms with van der Waals surface area (Å²) in [6.45, 7) is 2.89. The van der Waals surface area contributed by atoms with Gasteiger partial charge in [0.25, 0.3) is 5.69 Å². The summed E-state index contributed by atoms with van der Waals surface area (Å²) in [5.41, 5.74) is 1.47. The second kappa shape index (κ2) is 5.79. The molecule has 19 heavy (non-hydrogen) atoms. The number of nitro benzene ring substituents is 1. The number of hydrogen-bond donors (Lipinski definition) is 2. The van der Waals surface area contributed by atoms with Crippen LogP contribution >= 0.6 is 0 Å². The smallest absolute Gasteiger partial charge is 0.272 e. The van der Waals surface area contributed by atoms with E-state index in [4.69, 9.17) is 0 Å². The molecular formula is C13H17N3O3. The Morgan fingerprint density at radius 1 is 1.58 bits per heavy atom. The van der Waals surface area contributed by atoms with Crippen molar-refractivity contribution in [2.24, 2.45) is 0 Å². The van der Waals surface area contributed by atoms with Crippen LogP contribution in [0.3, 0.4) is 0 Å². The fraction of sp³-hybridized carbons (Fsp3) is 0.462. The van der Waals surface area contributed by atoms with Crippen LogP contribution < -0.4 is 10.6 Å². The summed E-state index contributed by atoms with van der Waals surface area (Å²) in [7, 11) is 0. The van der Waals surface area contributed by atoms with Gasteiger partial charge in [0.2, 0.25) is 5.91 Å². The van der Waals surface area contributed by atoms with Crippen molar-refractivity contribution < 1.29 is 9.72 Å². The van der Waals surface area contributed by atoms with Crippen molar-refractivity contribution in [3.05, 3.63) is 39.4 Å². The van der Waals surface area contributed by atoms with Crippen molar-refractivity contribution in [3.63, 3.8) is 0 Å². The number of carbonyl (C=O) groups is 1. The second-order valence-electron chi connectivity index (χ2n) is 4.69. The minimum Gasteiger partial charge on any atom is -0.351 e. The van der Waals surface area contributed by atoms with Crippen molar-refractivity contribution in [1.82, 2.24) is 10.6 Å². The molecule has 1 aromatic carbocycles. The Labute approximate surface area is 111 Å². The second-order valence-corrected chi connectivity index (χ2v) is 4.69. The van der Waals surface area contributed by atoms with E-state index in [1.807, 2.05) is 0 Å². The Morgan fingerprint density at radius 3 is 3.00 bits per heavy atom. The van der Waals surface area contributed by atoms with Crippen molar-refractivity contribution in [3.8, 4) is 0 Å². The Kier molecular flexibility index (Phi) is 4.11. The van der Waals surface area contributed by atoms with E-state index < -0.39 is 4.92 Å². The van der Waals surface area contributed by atoms with Gasteiger partial charge in [-0.15, -0.1) is 0 Å². The molecular weight excluding hydrogens is 246 g/mol. The number of rotatable bonds is 4. The first-order chi connectivity index (χ1) is 9.09. The van der Waals surface area contributed by atoms with Gasteiger partial charge in [0.1, 0.15) is 0 Å². The zero-order chi connectivity index (χ0) is 13.8. The zero-order valence-electron chi connectivity index (χ0n) is 10.8. The maximum absolute atomic E-state index is 11.8. The molecule has 2 rings (SSSR count). The van der Waals surface area contributed by atoms with Crippen LogP contribution in [0.25, 0.3) is 0 Å². The molecule has 1 saturated heterocycles. The number of nitrogens with one attached hydrogen (secondary N) is 2. The third kappa shape index (κ3) is 3.08. The van der Waals surface area contributed by atoms with E-state index in [0.717, 1.165) is 24.9 Å². The number of benzene rings is 1. The van der Waals surface area contributed by atoms with Crippen molar-refractivity contribution in [1.29, 1.82) is 0 Å². The quantitative estimate of drug-likeness (QED) is 0.633. The van der Waals surface area contributed by atoms with Crippen LogP contribution in [0.5, 0.6) is 0 Å². The molecule has 6 nitrogen and oxygen atoms in total. The zero-order valence-corrected chi connectivity index (χ0v) is 10.8. The number of amides is 1. The van der Waals surface area contributed by atoms with Gasteiger partial charge < -0.3 is 10.6 Å². The summed E-state index contributed by atoms with van der Waals surface area (Å²) in [4.78, 5) is 22.3. The maximum Gasteiger partial charge on any atom is 0.272 e. The number of nitro groups is 1. The third-order valence-corrected chi connectivity index (χ3v) is 3.44. The molecule has 1 amide bonds. The fourth-order valence-electron chi connectivity index (χ4n) is 2.27. The van der Waals surface area contributed by atoms with Crippen LogP contribution in [0.4, 0.5) is 5.69 Å². The monoisotopic (exact) mass is 263 g/mol. The SMILES string of the molecule is Cc1c(CNC(=O)C2CCCN2)cccc1[N+](=O)[O-]. The molecule has 0 radical (unpaired) electrons. The highest BCUT2D eigenvalue weighted by Crippen LogP contribution is 2.20. The predicted molar refractivity (Wildman–Crippen MR) is 70.7 cm³/mol. The molecule has 0 bridgehead atoms. The van der Waals surface area contributed by atoms with Crippen molar-refractivity contribution >= 4 is 11.6 Å². The molecule has 1 unspecified atom stereocenters. The first-order valence-electron chi connectivity index (χ1n) is 6.33. The highest BCUT2D eigenvalue weighted by Gasteiger charge is 2.22. The Hall–Kier alpha value is -1.95. The molecule has 1 aliphatic rings. The lowest BCUT2D eigenvalue weighted by molar-refractivity contribution is -0.385. The highest BCUT2D eigenvalue weighted by molar-refractivity contribution is 5.82.